The van der Waals surface area contributed by atoms with Crippen LogP contribution in [0.2, 0.25) is 0 Å². The normalized spacial score (nSPS) is 12.7. The number of ether oxygens (including phenoxy) is 1. The van der Waals surface area contributed by atoms with Crippen molar-refractivity contribution in [1.82, 2.24) is 0 Å². The summed E-state index contributed by atoms with van der Waals surface area (Å²) >= 11 is 0. The van der Waals surface area contributed by atoms with E-state index >= 15 is 0 Å². The Labute approximate surface area is 96.7 Å². The fourth-order valence-corrected chi connectivity index (χ4v) is 2.02. The van der Waals surface area contributed by atoms with E-state index in [9.17, 15) is 13.2 Å². The van der Waals surface area contributed by atoms with Gasteiger partial charge in [-0.05, 0) is 20.3 Å². The van der Waals surface area contributed by atoms with Gasteiger partial charge in [-0.25, -0.2) is 8.42 Å². The number of hydrogen-bond acceptors (Lipinski definition) is 4. The average Bonchev–Trinajstić information content (AvgIpc) is 2.16. The van der Waals surface area contributed by atoms with Gasteiger partial charge in [-0.1, -0.05) is 13.3 Å². The molecule has 0 aromatic heterocycles. The summed E-state index contributed by atoms with van der Waals surface area (Å²) in [5.74, 6) is -1.59. The van der Waals surface area contributed by atoms with Crippen LogP contribution in [0.3, 0.4) is 0 Å². The first kappa shape index (κ1) is 15.4. The molecular weight excluding hydrogens is 232 g/mol. The van der Waals surface area contributed by atoms with Crippen molar-refractivity contribution in [1.29, 1.82) is 0 Å². The fourth-order valence-electron chi connectivity index (χ4n) is 0.905. The van der Waals surface area contributed by atoms with Gasteiger partial charge in [0.25, 0.3) is 0 Å². The third-order valence-corrected chi connectivity index (χ3v) is 4.86. The van der Waals surface area contributed by atoms with E-state index in [0.717, 1.165) is 12.8 Å². The molecule has 0 aliphatic carbocycles. The Morgan fingerprint density at radius 3 is 2.31 bits per heavy atom. The standard InChI is InChI=1S/C10H20O5S/c1-4-5-6-15-7-8-16(13,14)10(2,3)9(11)12/h4-8H2,1-3H3,(H,11,12). The van der Waals surface area contributed by atoms with E-state index in [0.29, 0.717) is 6.61 Å². The Hall–Kier alpha value is -0.620. The summed E-state index contributed by atoms with van der Waals surface area (Å²) in [6.45, 7) is 4.96. The fraction of sp³-hybridized carbons (Fsp3) is 0.900. The number of carbonyl (C=O) groups is 1. The van der Waals surface area contributed by atoms with Gasteiger partial charge >= 0.3 is 5.97 Å². The predicted octanol–water partition coefficient (Wildman–Crippen LogP) is 1.08. The molecule has 0 amide bonds. The monoisotopic (exact) mass is 252 g/mol. The van der Waals surface area contributed by atoms with E-state index < -0.39 is 20.6 Å². The molecule has 0 radical (unpaired) electrons. The minimum absolute atomic E-state index is 0.0546. The molecule has 16 heavy (non-hydrogen) atoms. The summed E-state index contributed by atoms with van der Waals surface area (Å²) in [7, 11) is -3.67. The molecule has 0 aromatic rings. The first-order valence-corrected chi connectivity index (χ1v) is 6.94. The molecule has 0 heterocycles. The largest absolute Gasteiger partial charge is 0.480 e. The number of hydrogen-bond donors (Lipinski definition) is 1. The number of aliphatic carboxylic acids is 1. The summed E-state index contributed by atoms with van der Waals surface area (Å²) in [5, 5.41) is 8.80. The second-order valence-corrected chi connectivity index (χ2v) is 6.76. The van der Waals surface area contributed by atoms with Crippen LogP contribution in [0, 0.1) is 0 Å². The number of carboxylic acid groups (broad SMARTS) is 1. The molecule has 0 atom stereocenters. The Morgan fingerprint density at radius 1 is 1.31 bits per heavy atom. The molecule has 0 aliphatic rings. The van der Waals surface area contributed by atoms with Crippen LogP contribution in [0.1, 0.15) is 33.6 Å². The summed E-state index contributed by atoms with van der Waals surface area (Å²) < 4.78 is 26.7. The maximum atomic E-state index is 11.7. The minimum atomic E-state index is -3.67. The smallest absolute Gasteiger partial charge is 0.324 e. The van der Waals surface area contributed by atoms with Gasteiger partial charge in [-0.2, -0.15) is 0 Å². The summed E-state index contributed by atoms with van der Waals surface area (Å²) in [6, 6.07) is 0. The highest BCUT2D eigenvalue weighted by Gasteiger charge is 2.41. The van der Waals surface area contributed by atoms with Crippen molar-refractivity contribution < 1.29 is 23.1 Å². The van der Waals surface area contributed by atoms with Gasteiger partial charge in [0.1, 0.15) is 0 Å². The molecule has 0 aromatic carbocycles. The number of carboxylic acids is 1. The van der Waals surface area contributed by atoms with E-state index in [1.165, 1.54) is 13.8 Å². The van der Waals surface area contributed by atoms with Crippen LogP contribution in [-0.4, -0.2) is 43.2 Å². The molecule has 0 fully saturated rings. The second kappa shape index (κ2) is 6.20. The zero-order valence-electron chi connectivity index (χ0n) is 10.0. The van der Waals surface area contributed by atoms with Crippen LogP contribution in [0.5, 0.6) is 0 Å². The van der Waals surface area contributed by atoms with Crippen molar-refractivity contribution in [2.24, 2.45) is 0 Å². The lowest BCUT2D eigenvalue weighted by Crippen LogP contribution is -2.42. The predicted molar refractivity (Wildman–Crippen MR) is 61.2 cm³/mol. The highest BCUT2D eigenvalue weighted by Crippen LogP contribution is 2.17. The average molecular weight is 252 g/mol. The lowest BCUT2D eigenvalue weighted by atomic mass is 10.2. The lowest BCUT2D eigenvalue weighted by Gasteiger charge is -2.19. The molecule has 0 aliphatic heterocycles. The molecule has 6 heteroatoms. The summed E-state index contributed by atoms with van der Waals surface area (Å²) in [6.07, 6.45) is 1.86. The molecule has 5 nitrogen and oxygen atoms in total. The van der Waals surface area contributed by atoms with Gasteiger partial charge in [0.15, 0.2) is 14.6 Å². The summed E-state index contributed by atoms with van der Waals surface area (Å²) in [5.41, 5.74) is 0. The third-order valence-electron chi connectivity index (χ3n) is 2.43. The Morgan fingerprint density at radius 2 is 1.88 bits per heavy atom. The van der Waals surface area contributed by atoms with Crippen LogP contribution in [0.4, 0.5) is 0 Å². The van der Waals surface area contributed by atoms with Gasteiger partial charge < -0.3 is 9.84 Å². The lowest BCUT2D eigenvalue weighted by molar-refractivity contribution is -0.139. The highest BCUT2D eigenvalue weighted by atomic mass is 32.2. The van der Waals surface area contributed by atoms with E-state index in [1.807, 2.05) is 6.92 Å². The first-order valence-electron chi connectivity index (χ1n) is 5.29. The zero-order chi connectivity index (χ0) is 12.8. The maximum Gasteiger partial charge on any atom is 0.324 e. The Balaban J connectivity index is 4.21. The molecule has 0 saturated carbocycles. The molecular formula is C10H20O5S. The molecule has 96 valence electrons. The van der Waals surface area contributed by atoms with Crippen molar-refractivity contribution in [2.75, 3.05) is 19.0 Å². The maximum absolute atomic E-state index is 11.7. The summed E-state index contributed by atoms with van der Waals surface area (Å²) in [4.78, 5) is 10.8. The van der Waals surface area contributed by atoms with Gasteiger partial charge in [0.2, 0.25) is 0 Å². The first-order chi connectivity index (χ1) is 7.25. The van der Waals surface area contributed by atoms with E-state index in [2.05, 4.69) is 0 Å². The topological polar surface area (TPSA) is 80.7 Å². The molecule has 0 rings (SSSR count). The minimum Gasteiger partial charge on any atom is -0.480 e. The number of unbranched alkanes of at least 4 members (excludes halogenated alkanes) is 1. The van der Waals surface area contributed by atoms with E-state index in [4.69, 9.17) is 9.84 Å². The van der Waals surface area contributed by atoms with Crippen molar-refractivity contribution in [3.8, 4) is 0 Å². The number of rotatable bonds is 8. The highest BCUT2D eigenvalue weighted by molar-refractivity contribution is 7.93. The van der Waals surface area contributed by atoms with Crippen LogP contribution in [0.15, 0.2) is 0 Å². The van der Waals surface area contributed by atoms with E-state index in [-0.39, 0.29) is 12.4 Å². The quantitative estimate of drug-likeness (QED) is 0.654. The van der Waals surface area contributed by atoms with Crippen molar-refractivity contribution in [2.45, 2.75) is 38.4 Å². The van der Waals surface area contributed by atoms with Crippen LogP contribution in [-0.2, 0) is 19.4 Å². The molecule has 0 bridgehead atoms. The molecule has 1 N–H and O–H groups in total. The van der Waals surface area contributed by atoms with Crippen molar-refractivity contribution in [3.63, 3.8) is 0 Å². The number of sulfone groups is 1. The van der Waals surface area contributed by atoms with Crippen molar-refractivity contribution >= 4 is 15.8 Å². The van der Waals surface area contributed by atoms with Crippen LogP contribution >= 0.6 is 0 Å². The Kier molecular flexibility index (Phi) is 5.96. The molecule has 0 saturated heterocycles. The van der Waals surface area contributed by atoms with Gasteiger partial charge in [-0.3, -0.25) is 4.79 Å². The van der Waals surface area contributed by atoms with Crippen molar-refractivity contribution in [3.05, 3.63) is 0 Å². The van der Waals surface area contributed by atoms with Crippen LogP contribution < -0.4 is 0 Å². The second-order valence-electron chi connectivity index (χ2n) is 4.10. The Bertz CT molecular complexity index is 318. The SMILES string of the molecule is CCCCOCCS(=O)(=O)C(C)(C)C(=O)O. The molecule has 0 unspecified atom stereocenters. The molecule has 0 spiro atoms. The van der Waals surface area contributed by atoms with Gasteiger partial charge in [0.05, 0.1) is 12.4 Å². The van der Waals surface area contributed by atoms with E-state index in [1.54, 1.807) is 0 Å². The van der Waals surface area contributed by atoms with Gasteiger partial charge in [0, 0.05) is 6.61 Å². The zero-order valence-corrected chi connectivity index (χ0v) is 10.8. The van der Waals surface area contributed by atoms with Crippen LogP contribution in [0.25, 0.3) is 0 Å². The van der Waals surface area contributed by atoms with Gasteiger partial charge in [-0.15, -0.1) is 0 Å². The third kappa shape index (κ3) is 4.09.